The smallest absolute Gasteiger partial charge is 0.271 e. The average molecular weight is 163 g/mol. The van der Waals surface area contributed by atoms with Crippen molar-refractivity contribution >= 4 is 22.3 Å². The fourth-order valence-corrected chi connectivity index (χ4v) is 1.10. The quantitative estimate of drug-likeness (QED) is 0.505. The van der Waals surface area contributed by atoms with Crippen molar-refractivity contribution in [1.29, 1.82) is 0 Å². The lowest BCUT2D eigenvalue weighted by Crippen LogP contribution is -2.34. The first kappa shape index (κ1) is 7.16. The van der Waals surface area contributed by atoms with E-state index >= 15 is 0 Å². The number of hydrogen-bond acceptors (Lipinski definition) is 4. The number of hydrogen-bond donors (Lipinski definition) is 1. The molecule has 0 saturated carbocycles. The number of amides is 1. The summed E-state index contributed by atoms with van der Waals surface area (Å²) in [4.78, 5) is 10.6. The molecule has 1 aliphatic heterocycles. The van der Waals surface area contributed by atoms with E-state index in [1.807, 2.05) is 0 Å². The van der Waals surface area contributed by atoms with Gasteiger partial charge in [-0.15, -0.1) is 4.41 Å². The SMILES string of the molecule is NS(=O)(=O)N1N=CCC1=O. The van der Waals surface area contributed by atoms with Gasteiger partial charge in [0.1, 0.15) is 0 Å². The summed E-state index contributed by atoms with van der Waals surface area (Å²) >= 11 is 0. The first-order chi connectivity index (χ1) is 4.52. The normalized spacial score (nSPS) is 18.5. The summed E-state index contributed by atoms with van der Waals surface area (Å²) < 4.78 is 21.1. The summed E-state index contributed by atoms with van der Waals surface area (Å²) in [7, 11) is -3.97. The Morgan fingerprint density at radius 2 is 2.30 bits per heavy atom. The number of nitrogens with zero attached hydrogens (tertiary/aromatic N) is 2. The Morgan fingerprint density at radius 3 is 2.50 bits per heavy atom. The maximum Gasteiger partial charge on any atom is 0.320 e. The Morgan fingerprint density at radius 1 is 1.70 bits per heavy atom. The van der Waals surface area contributed by atoms with Crippen LogP contribution in [0.25, 0.3) is 0 Å². The molecular weight excluding hydrogens is 158 g/mol. The Bertz CT molecular complexity index is 279. The molecule has 0 radical (unpaired) electrons. The summed E-state index contributed by atoms with van der Waals surface area (Å²) in [6, 6.07) is 0. The standard InChI is InChI=1S/C3H5N3O3S/c4-10(8,9)6-3(7)1-2-5-6/h2H,1H2,(H2,4,8,9). The second-order valence-corrected chi connectivity index (χ2v) is 3.06. The van der Waals surface area contributed by atoms with Crippen molar-refractivity contribution < 1.29 is 13.2 Å². The van der Waals surface area contributed by atoms with E-state index < -0.39 is 16.1 Å². The van der Waals surface area contributed by atoms with Crippen LogP contribution in [0.5, 0.6) is 0 Å². The van der Waals surface area contributed by atoms with Crippen LogP contribution in [0.2, 0.25) is 0 Å². The Balaban J connectivity index is 2.95. The van der Waals surface area contributed by atoms with Gasteiger partial charge < -0.3 is 0 Å². The van der Waals surface area contributed by atoms with Crippen LogP contribution in [0.15, 0.2) is 5.10 Å². The predicted octanol–water partition coefficient (Wildman–Crippen LogP) is -1.59. The molecule has 0 atom stereocenters. The molecule has 0 unspecified atom stereocenters. The van der Waals surface area contributed by atoms with Crippen molar-refractivity contribution in [2.24, 2.45) is 10.2 Å². The molecule has 7 heteroatoms. The molecule has 10 heavy (non-hydrogen) atoms. The number of hydrazone groups is 1. The van der Waals surface area contributed by atoms with Crippen LogP contribution >= 0.6 is 0 Å². The molecule has 0 aliphatic carbocycles. The summed E-state index contributed by atoms with van der Waals surface area (Å²) in [5.41, 5.74) is 0. The second-order valence-electron chi connectivity index (χ2n) is 1.68. The number of rotatable bonds is 1. The van der Waals surface area contributed by atoms with Crippen LogP contribution in [0, 0.1) is 0 Å². The lowest BCUT2D eigenvalue weighted by molar-refractivity contribution is -0.124. The molecule has 1 rings (SSSR count). The molecule has 6 nitrogen and oxygen atoms in total. The molecule has 0 saturated heterocycles. The highest BCUT2D eigenvalue weighted by Gasteiger charge is 2.25. The molecule has 1 heterocycles. The average Bonchev–Trinajstić information content (AvgIpc) is 2.11. The van der Waals surface area contributed by atoms with E-state index in [0.29, 0.717) is 0 Å². The summed E-state index contributed by atoms with van der Waals surface area (Å²) in [6.45, 7) is 0. The molecule has 56 valence electrons. The highest BCUT2D eigenvalue weighted by atomic mass is 32.2. The van der Waals surface area contributed by atoms with Crippen molar-refractivity contribution in [3.8, 4) is 0 Å². The molecule has 0 aromatic carbocycles. The zero-order chi connectivity index (χ0) is 7.78. The second kappa shape index (κ2) is 2.03. The van der Waals surface area contributed by atoms with E-state index in [4.69, 9.17) is 0 Å². The van der Waals surface area contributed by atoms with Gasteiger partial charge in [-0.1, -0.05) is 0 Å². The monoisotopic (exact) mass is 163 g/mol. The maximum atomic E-state index is 10.6. The van der Waals surface area contributed by atoms with Crippen molar-refractivity contribution in [2.75, 3.05) is 0 Å². The van der Waals surface area contributed by atoms with E-state index in [2.05, 4.69) is 10.2 Å². The zero-order valence-electron chi connectivity index (χ0n) is 4.89. The summed E-state index contributed by atoms with van der Waals surface area (Å²) in [5, 5.41) is 7.83. The van der Waals surface area contributed by atoms with Gasteiger partial charge in [0.2, 0.25) is 0 Å². The minimum atomic E-state index is -3.97. The fourth-order valence-electron chi connectivity index (χ4n) is 0.543. The van der Waals surface area contributed by atoms with E-state index in [1.54, 1.807) is 0 Å². The van der Waals surface area contributed by atoms with Crippen LogP contribution in [0.3, 0.4) is 0 Å². The van der Waals surface area contributed by atoms with Crippen LogP contribution in [-0.2, 0) is 15.0 Å². The minimum Gasteiger partial charge on any atom is -0.271 e. The maximum absolute atomic E-state index is 10.6. The van der Waals surface area contributed by atoms with Crippen molar-refractivity contribution in [1.82, 2.24) is 4.41 Å². The van der Waals surface area contributed by atoms with E-state index in [0.717, 1.165) is 0 Å². The van der Waals surface area contributed by atoms with Crippen LogP contribution < -0.4 is 5.14 Å². The van der Waals surface area contributed by atoms with Gasteiger partial charge in [0.25, 0.3) is 5.91 Å². The molecule has 1 amide bonds. The third-order valence-corrected chi connectivity index (χ3v) is 1.69. The van der Waals surface area contributed by atoms with Crippen molar-refractivity contribution in [2.45, 2.75) is 6.42 Å². The van der Waals surface area contributed by atoms with Crippen LogP contribution in [0.4, 0.5) is 0 Å². The van der Waals surface area contributed by atoms with Gasteiger partial charge >= 0.3 is 10.2 Å². The number of nitrogens with two attached hydrogens (primary N) is 1. The first-order valence-electron chi connectivity index (χ1n) is 2.40. The van der Waals surface area contributed by atoms with Gasteiger partial charge in [-0.05, 0) is 0 Å². The largest absolute Gasteiger partial charge is 0.320 e. The number of carbonyl (C=O) groups is 1. The van der Waals surface area contributed by atoms with E-state index in [1.165, 1.54) is 6.21 Å². The molecule has 1 aliphatic rings. The summed E-state index contributed by atoms with van der Waals surface area (Å²) in [5.74, 6) is -0.623. The summed E-state index contributed by atoms with van der Waals surface area (Å²) in [6.07, 6.45) is 1.18. The van der Waals surface area contributed by atoms with Crippen LogP contribution in [-0.4, -0.2) is 25.0 Å². The minimum absolute atomic E-state index is 0.00354. The first-order valence-corrected chi connectivity index (χ1v) is 3.90. The van der Waals surface area contributed by atoms with Gasteiger partial charge in [0, 0.05) is 6.21 Å². The highest BCUT2D eigenvalue weighted by molar-refractivity contribution is 7.87. The van der Waals surface area contributed by atoms with Crippen molar-refractivity contribution in [3.63, 3.8) is 0 Å². The van der Waals surface area contributed by atoms with Gasteiger partial charge in [0.15, 0.2) is 0 Å². The molecule has 2 N–H and O–H groups in total. The lowest BCUT2D eigenvalue weighted by Gasteiger charge is -2.05. The fraction of sp³-hybridized carbons (Fsp3) is 0.333. The van der Waals surface area contributed by atoms with Crippen molar-refractivity contribution in [3.05, 3.63) is 0 Å². The zero-order valence-corrected chi connectivity index (χ0v) is 5.71. The van der Waals surface area contributed by atoms with Gasteiger partial charge in [0.05, 0.1) is 6.42 Å². The molecule has 0 fully saturated rings. The third-order valence-electron chi connectivity index (χ3n) is 0.907. The predicted molar refractivity (Wildman–Crippen MR) is 33.1 cm³/mol. The third kappa shape index (κ3) is 1.14. The molecule has 0 bridgehead atoms. The molecule has 0 spiro atoms. The Hall–Kier alpha value is -0.950. The van der Waals surface area contributed by atoms with Crippen LogP contribution in [0.1, 0.15) is 6.42 Å². The van der Waals surface area contributed by atoms with Gasteiger partial charge in [-0.25, -0.2) is 5.14 Å². The number of carbonyl (C=O) groups excluding carboxylic acids is 1. The van der Waals surface area contributed by atoms with E-state index in [-0.39, 0.29) is 10.8 Å². The Labute approximate surface area is 57.5 Å². The highest BCUT2D eigenvalue weighted by Crippen LogP contribution is 2.04. The topological polar surface area (TPSA) is 92.8 Å². The van der Waals surface area contributed by atoms with Gasteiger partial charge in [-0.3, -0.25) is 4.79 Å². The van der Waals surface area contributed by atoms with E-state index in [9.17, 15) is 13.2 Å². The molecular formula is C3H5N3O3S. The molecule has 0 aromatic heterocycles. The Kier molecular flexibility index (Phi) is 1.45. The van der Waals surface area contributed by atoms with Gasteiger partial charge in [-0.2, -0.15) is 13.5 Å². The lowest BCUT2D eigenvalue weighted by atomic mass is 10.5. The molecule has 0 aromatic rings.